The van der Waals surface area contributed by atoms with Crippen molar-refractivity contribution in [2.75, 3.05) is 0 Å². The summed E-state index contributed by atoms with van der Waals surface area (Å²) in [4.78, 5) is 0. The van der Waals surface area contributed by atoms with E-state index in [2.05, 4.69) is 75.4 Å². The van der Waals surface area contributed by atoms with Gasteiger partial charge in [-0.1, -0.05) is 88.2 Å². The smallest absolute Gasteiger partial charge is 0.0579 e. The van der Waals surface area contributed by atoms with E-state index in [1.807, 2.05) is 0 Å². The third-order valence-corrected chi connectivity index (χ3v) is 5.95. The van der Waals surface area contributed by atoms with E-state index in [4.69, 9.17) is 0 Å². The number of aliphatic hydroxyl groups is 1. The molecule has 0 saturated heterocycles. The molecule has 0 aromatic heterocycles. The van der Waals surface area contributed by atoms with Gasteiger partial charge in [-0.15, -0.1) is 0 Å². The highest BCUT2D eigenvalue weighted by Gasteiger charge is 2.37. The normalized spacial score (nSPS) is 27.5. The van der Waals surface area contributed by atoms with E-state index < -0.39 is 0 Å². The monoisotopic (exact) mass is 354 g/mol. The van der Waals surface area contributed by atoms with Crippen LogP contribution in [0.3, 0.4) is 0 Å². The van der Waals surface area contributed by atoms with Crippen molar-refractivity contribution in [1.82, 2.24) is 0 Å². The molecule has 0 amide bonds. The van der Waals surface area contributed by atoms with Crippen LogP contribution in [0.4, 0.5) is 0 Å². The lowest BCUT2D eigenvalue weighted by molar-refractivity contribution is 0.125. The molecular formula is C25H38O. The molecule has 0 spiro atoms. The predicted molar refractivity (Wildman–Crippen MR) is 113 cm³/mol. The SMILES string of the molecule is CCCCC=CCC1C(O)CC(C)C1C=CC(C)CCc1ccccc1. The molecule has 0 heterocycles. The molecule has 0 radical (unpaired) electrons. The van der Waals surface area contributed by atoms with E-state index in [-0.39, 0.29) is 6.10 Å². The highest BCUT2D eigenvalue weighted by Crippen LogP contribution is 2.40. The number of hydrogen-bond donors (Lipinski definition) is 1. The summed E-state index contributed by atoms with van der Waals surface area (Å²) in [7, 11) is 0. The summed E-state index contributed by atoms with van der Waals surface area (Å²) >= 11 is 0. The number of aryl methyl sites for hydroxylation is 1. The summed E-state index contributed by atoms with van der Waals surface area (Å²) in [5.74, 6) is 2.07. The van der Waals surface area contributed by atoms with Crippen molar-refractivity contribution in [3.63, 3.8) is 0 Å². The van der Waals surface area contributed by atoms with Crippen LogP contribution in [0.5, 0.6) is 0 Å². The number of hydrogen-bond acceptors (Lipinski definition) is 1. The van der Waals surface area contributed by atoms with Crippen LogP contribution in [-0.4, -0.2) is 11.2 Å². The van der Waals surface area contributed by atoms with Crippen LogP contribution in [0, 0.1) is 23.7 Å². The van der Waals surface area contributed by atoms with Gasteiger partial charge in [0.2, 0.25) is 0 Å². The molecule has 1 aliphatic carbocycles. The summed E-state index contributed by atoms with van der Waals surface area (Å²) in [5.41, 5.74) is 1.42. The van der Waals surface area contributed by atoms with Crippen molar-refractivity contribution in [2.45, 2.75) is 71.8 Å². The fourth-order valence-corrected chi connectivity index (χ4v) is 4.18. The van der Waals surface area contributed by atoms with Gasteiger partial charge in [-0.25, -0.2) is 0 Å². The number of rotatable bonds is 10. The molecule has 2 rings (SSSR count). The minimum atomic E-state index is -0.143. The quantitative estimate of drug-likeness (QED) is 0.371. The van der Waals surface area contributed by atoms with Gasteiger partial charge in [0.05, 0.1) is 6.10 Å². The van der Waals surface area contributed by atoms with E-state index in [1.165, 1.54) is 31.2 Å². The largest absolute Gasteiger partial charge is 0.393 e. The van der Waals surface area contributed by atoms with Crippen LogP contribution in [0.2, 0.25) is 0 Å². The molecule has 1 saturated carbocycles. The van der Waals surface area contributed by atoms with Gasteiger partial charge in [0.25, 0.3) is 0 Å². The average molecular weight is 355 g/mol. The molecule has 0 aliphatic heterocycles. The minimum absolute atomic E-state index is 0.143. The van der Waals surface area contributed by atoms with Gasteiger partial charge >= 0.3 is 0 Å². The second-order valence-corrected chi connectivity index (χ2v) is 8.26. The van der Waals surface area contributed by atoms with Crippen LogP contribution in [0.1, 0.15) is 64.9 Å². The van der Waals surface area contributed by atoms with Crippen LogP contribution in [0.15, 0.2) is 54.6 Å². The lowest BCUT2D eigenvalue weighted by Crippen LogP contribution is -2.18. The predicted octanol–water partition coefficient (Wildman–Crippen LogP) is 6.58. The van der Waals surface area contributed by atoms with E-state index in [0.29, 0.717) is 23.7 Å². The van der Waals surface area contributed by atoms with Crippen LogP contribution in [-0.2, 0) is 6.42 Å². The first kappa shape index (κ1) is 21.0. The molecule has 0 bridgehead atoms. The van der Waals surface area contributed by atoms with Gasteiger partial charge in [0.15, 0.2) is 0 Å². The zero-order chi connectivity index (χ0) is 18.8. The molecule has 1 aliphatic rings. The fourth-order valence-electron chi connectivity index (χ4n) is 4.18. The van der Waals surface area contributed by atoms with Crippen molar-refractivity contribution in [3.8, 4) is 0 Å². The van der Waals surface area contributed by atoms with Crippen molar-refractivity contribution in [3.05, 3.63) is 60.2 Å². The fraction of sp³-hybridized carbons (Fsp3) is 0.600. The molecule has 1 nitrogen and oxygen atoms in total. The highest BCUT2D eigenvalue weighted by atomic mass is 16.3. The Kier molecular flexibility index (Phi) is 9.18. The van der Waals surface area contributed by atoms with Gasteiger partial charge in [-0.05, 0) is 61.3 Å². The Morgan fingerprint density at radius 1 is 1.19 bits per heavy atom. The summed E-state index contributed by atoms with van der Waals surface area (Å²) < 4.78 is 0. The molecule has 1 aromatic rings. The third kappa shape index (κ3) is 6.76. The highest BCUT2D eigenvalue weighted by molar-refractivity contribution is 5.15. The minimum Gasteiger partial charge on any atom is -0.393 e. The van der Waals surface area contributed by atoms with E-state index in [0.717, 1.165) is 19.3 Å². The molecule has 26 heavy (non-hydrogen) atoms. The van der Waals surface area contributed by atoms with Gasteiger partial charge in [0.1, 0.15) is 0 Å². The Morgan fingerprint density at radius 2 is 1.96 bits per heavy atom. The van der Waals surface area contributed by atoms with Crippen LogP contribution < -0.4 is 0 Å². The number of allylic oxidation sites excluding steroid dienone is 4. The lowest BCUT2D eigenvalue weighted by atomic mass is 9.86. The first-order valence-electron chi connectivity index (χ1n) is 10.7. The standard InChI is InChI=1S/C25H38O/c1-4-5-6-7-11-14-24-23(21(3)19-25(24)26)18-16-20(2)15-17-22-12-9-8-10-13-22/h7-13,16,18,20-21,23-26H,4-6,14-15,17,19H2,1-3H3. The molecule has 1 fully saturated rings. The number of aliphatic hydroxyl groups excluding tert-OH is 1. The maximum absolute atomic E-state index is 10.5. The zero-order valence-corrected chi connectivity index (χ0v) is 17.0. The Balaban J connectivity index is 1.85. The number of benzene rings is 1. The summed E-state index contributed by atoms with van der Waals surface area (Å²) in [6.45, 7) is 6.85. The molecule has 1 aromatic carbocycles. The maximum Gasteiger partial charge on any atom is 0.0579 e. The first-order chi connectivity index (χ1) is 12.6. The van der Waals surface area contributed by atoms with Crippen LogP contribution in [0.25, 0.3) is 0 Å². The molecule has 1 heteroatoms. The van der Waals surface area contributed by atoms with E-state index in [1.54, 1.807) is 0 Å². The van der Waals surface area contributed by atoms with E-state index in [9.17, 15) is 5.11 Å². The number of unbranched alkanes of at least 4 members (excludes halogenated alkanes) is 2. The summed E-state index contributed by atoms with van der Waals surface area (Å²) in [6, 6.07) is 10.8. The second kappa shape index (κ2) is 11.4. The van der Waals surface area contributed by atoms with Crippen LogP contribution >= 0.6 is 0 Å². The maximum atomic E-state index is 10.5. The van der Waals surface area contributed by atoms with Gasteiger partial charge in [0, 0.05) is 0 Å². The summed E-state index contributed by atoms with van der Waals surface area (Å²) in [5, 5.41) is 10.5. The molecule has 5 unspecified atom stereocenters. The molecular weight excluding hydrogens is 316 g/mol. The Hall–Kier alpha value is -1.34. The molecule has 5 atom stereocenters. The van der Waals surface area contributed by atoms with Gasteiger partial charge < -0.3 is 5.11 Å². The van der Waals surface area contributed by atoms with Gasteiger partial charge in [-0.3, -0.25) is 0 Å². The first-order valence-corrected chi connectivity index (χ1v) is 10.7. The topological polar surface area (TPSA) is 20.2 Å². The Morgan fingerprint density at radius 3 is 2.69 bits per heavy atom. The lowest BCUT2D eigenvalue weighted by Gasteiger charge is -2.20. The molecule has 144 valence electrons. The summed E-state index contributed by atoms with van der Waals surface area (Å²) in [6.07, 6.45) is 17.3. The van der Waals surface area contributed by atoms with Gasteiger partial charge in [-0.2, -0.15) is 0 Å². The third-order valence-electron chi connectivity index (χ3n) is 5.95. The van der Waals surface area contributed by atoms with Crippen molar-refractivity contribution >= 4 is 0 Å². The Labute approximate surface area is 161 Å². The van der Waals surface area contributed by atoms with E-state index >= 15 is 0 Å². The zero-order valence-electron chi connectivity index (χ0n) is 17.0. The van der Waals surface area contributed by atoms with Crippen molar-refractivity contribution in [1.29, 1.82) is 0 Å². The second-order valence-electron chi connectivity index (χ2n) is 8.26. The average Bonchev–Trinajstić information content (AvgIpc) is 2.91. The van der Waals surface area contributed by atoms with Crippen molar-refractivity contribution < 1.29 is 5.11 Å². The molecule has 1 N–H and O–H groups in total. The Bertz CT molecular complexity index is 545. The van der Waals surface area contributed by atoms with Crippen molar-refractivity contribution in [2.24, 2.45) is 23.7 Å².